The molecule has 1 heterocycles. The van der Waals surface area contributed by atoms with Crippen LogP contribution in [0.1, 0.15) is 30.6 Å². The average molecular weight is 289 g/mol. The van der Waals surface area contributed by atoms with E-state index in [4.69, 9.17) is 15.2 Å². The van der Waals surface area contributed by atoms with Crippen LogP contribution >= 0.6 is 0 Å². The summed E-state index contributed by atoms with van der Waals surface area (Å²) in [5.41, 5.74) is 8.51. The summed E-state index contributed by atoms with van der Waals surface area (Å²) >= 11 is 0. The van der Waals surface area contributed by atoms with Crippen molar-refractivity contribution in [2.45, 2.75) is 32.4 Å². The van der Waals surface area contributed by atoms with Gasteiger partial charge in [-0.3, -0.25) is 4.68 Å². The van der Waals surface area contributed by atoms with Crippen molar-refractivity contribution in [2.75, 3.05) is 14.2 Å². The second-order valence-electron chi connectivity index (χ2n) is 4.98. The molecule has 0 saturated heterocycles. The molecule has 0 saturated carbocycles. The Hall–Kier alpha value is -2.01. The molecule has 2 rings (SSSR count). The van der Waals surface area contributed by atoms with Crippen molar-refractivity contribution in [2.24, 2.45) is 5.73 Å². The van der Waals surface area contributed by atoms with Crippen molar-refractivity contribution >= 4 is 0 Å². The molecule has 1 aromatic carbocycles. The molecular weight excluding hydrogens is 266 g/mol. The van der Waals surface area contributed by atoms with Gasteiger partial charge in [-0.05, 0) is 36.6 Å². The number of methoxy groups -OCH3 is 2. The monoisotopic (exact) mass is 289 g/mol. The third-order valence-electron chi connectivity index (χ3n) is 3.47. The Morgan fingerprint density at radius 2 is 1.95 bits per heavy atom. The molecule has 1 unspecified atom stereocenters. The zero-order valence-electron chi connectivity index (χ0n) is 12.9. The fourth-order valence-corrected chi connectivity index (χ4v) is 2.42. The summed E-state index contributed by atoms with van der Waals surface area (Å²) in [5.74, 6) is 1.45. The summed E-state index contributed by atoms with van der Waals surface area (Å²) in [7, 11) is 3.27. The van der Waals surface area contributed by atoms with Gasteiger partial charge in [-0.1, -0.05) is 13.0 Å². The Morgan fingerprint density at radius 3 is 2.62 bits per heavy atom. The quantitative estimate of drug-likeness (QED) is 0.851. The van der Waals surface area contributed by atoms with E-state index in [0.717, 1.165) is 42.1 Å². The molecule has 0 aliphatic rings. The summed E-state index contributed by atoms with van der Waals surface area (Å²) in [6.45, 7) is 3.02. The van der Waals surface area contributed by atoms with Gasteiger partial charge in [0.15, 0.2) is 11.5 Å². The van der Waals surface area contributed by atoms with Crippen LogP contribution < -0.4 is 15.2 Å². The van der Waals surface area contributed by atoms with Gasteiger partial charge in [-0.15, -0.1) is 0 Å². The maximum absolute atomic E-state index is 6.33. The van der Waals surface area contributed by atoms with E-state index >= 15 is 0 Å². The van der Waals surface area contributed by atoms with E-state index in [1.807, 2.05) is 28.9 Å². The Bertz CT molecular complexity index is 581. The largest absolute Gasteiger partial charge is 0.493 e. The minimum Gasteiger partial charge on any atom is -0.493 e. The molecule has 0 amide bonds. The van der Waals surface area contributed by atoms with Crippen molar-refractivity contribution in [3.8, 4) is 11.5 Å². The molecule has 1 aromatic heterocycles. The van der Waals surface area contributed by atoms with Crippen LogP contribution in [0, 0.1) is 0 Å². The predicted molar refractivity (Wildman–Crippen MR) is 82.7 cm³/mol. The molecule has 0 radical (unpaired) electrons. The zero-order chi connectivity index (χ0) is 15.2. The van der Waals surface area contributed by atoms with E-state index in [1.54, 1.807) is 20.4 Å². The van der Waals surface area contributed by atoms with Gasteiger partial charge in [0.25, 0.3) is 0 Å². The Labute approximate surface area is 125 Å². The molecule has 5 heteroatoms. The van der Waals surface area contributed by atoms with E-state index in [2.05, 4.69) is 12.0 Å². The van der Waals surface area contributed by atoms with Crippen molar-refractivity contribution < 1.29 is 9.47 Å². The van der Waals surface area contributed by atoms with Crippen molar-refractivity contribution in [3.63, 3.8) is 0 Å². The number of ether oxygens (including phenoxy) is 2. The topological polar surface area (TPSA) is 62.3 Å². The van der Waals surface area contributed by atoms with Crippen molar-refractivity contribution in [1.29, 1.82) is 0 Å². The highest BCUT2D eigenvalue weighted by molar-refractivity contribution is 5.43. The first kappa shape index (κ1) is 15.4. The van der Waals surface area contributed by atoms with Gasteiger partial charge in [-0.2, -0.15) is 5.10 Å². The standard InChI is InChI=1S/C16H23N3O2/c1-4-9-19-14(7-8-18-19)13(17)10-12-5-6-15(20-2)16(11-12)21-3/h5-8,11,13H,4,9-10,17H2,1-3H3. The van der Waals surface area contributed by atoms with Gasteiger partial charge in [0.1, 0.15) is 0 Å². The van der Waals surface area contributed by atoms with Crippen LogP contribution in [0.15, 0.2) is 30.5 Å². The molecule has 0 bridgehead atoms. The van der Waals surface area contributed by atoms with E-state index in [0.29, 0.717) is 0 Å². The van der Waals surface area contributed by atoms with Crippen LogP contribution in [0.4, 0.5) is 0 Å². The SMILES string of the molecule is CCCn1nccc1C(N)Cc1ccc(OC)c(OC)c1. The third-order valence-corrected chi connectivity index (χ3v) is 3.47. The lowest BCUT2D eigenvalue weighted by Gasteiger charge is -2.15. The van der Waals surface area contributed by atoms with Crippen LogP contribution in [0.25, 0.3) is 0 Å². The third kappa shape index (κ3) is 3.55. The van der Waals surface area contributed by atoms with E-state index < -0.39 is 0 Å². The molecule has 0 aliphatic heterocycles. The highest BCUT2D eigenvalue weighted by atomic mass is 16.5. The molecule has 21 heavy (non-hydrogen) atoms. The molecular formula is C16H23N3O2. The summed E-state index contributed by atoms with van der Waals surface area (Å²) in [5, 5.41) is 4.32. The molecule has 114 valence electrons. The Balaban J connectivity index is 2.15. The first-order chi connectivity index (χ1) is 10.2. The summed E-state index contributed by atoms with van der Waals surface area (Å²) in [4.78, 5) is 0. The molecule has 1 atom stereocenters. The number of aryl methyl sites for hydroxylation is 1. The number of hydrogen-bond donors (Lipinski definition) is 1. The van der Waals surface area contributed by atoms with E-state index in [9.17, 15) is 0 Å². The normalized spacial score (nSPS) is 12.2. The smallest absolute Gasteiger partial charge is 0.160 e. The highest BCUT2D eigenvalue weighted by Crippen LogP contribution is 2.29. The predicted octanol–water partition coefficient (Wildman–Crippen LogP) is 2.55. The average Bonchev–Trinajstić information content (AvgIpc) is 2.96. The Kier molecular flexibility index (Phi) is 5.22. The Morgan fingerprint density at radius 1 is 1.19 bits per heavy atom. The number of rotatable bonds is 7. The van der Waals surface area contributed by atoms with Gasteiger partial charge in [-0.25, -0.2) is 0 Å². The first-order valence-electron chi connectivity index (χ1n) is 7.17. The van der Waals surface area contributed by atoms with Crippen LogP contribution in [-0.2, 0) is 13.0 Å². The maximum atomic E-state index is 6.33. The molecule has 5 nitrogen and oxygen atoms in total. The number of nitrogens with zero attached hydrogens (tertiary/aromatic N) is 2. The van der Waals surface area contributed by atoms with E-state index in [1.165, 1.54) is 0 Å². The lowest BCUT2D eigenvalue weighted by atomic mass is 10.0. The lowest BCUT2D eigenvalue weighted by Crippen LogP contribution is -2.18. The molecule has 2 N–H and O–H groups in total. The van der Waals surface area contributed by atoms with Crippen LogP contribution in [0.2, 0.25) is 0 Å². The fraction of sp³-hybridized carbons (Fsp3) is 0.438. The van der Waals surface area contributed by atoms with Crippen molar-refractivity contribution in [3.05, 3.63) is 41.7 Å². The van der Waals surface area contributed by atoms with Crippen molar-refractivity contribution in [1.82, 2.24) is 9.78 Å². The van der Waals surface area contributed by atoms with Gasteiger partial charge < -0.3 is 15.2 Å². The van der Waals surface area contributed by atoms with E-state index in [-0.39, 0.29) is 6.04 Å². The van der Waals surface area contributed by atoms with Gasteiger partial charge in [0.2, 0.25) is 0 Å². The zero-order valence-corrected chi connectivity index (χ0v) is 12.9. The molecule has 2 aromatic rings. The highest BCUT2D eigenvalue weighted by Gasteiger charge is 2.13. The lowest BCUT2D eigenvalue weighted by molar-refractivity contribution is 0.354. The maximum Gasteiger partial charge on any atom is 0.160 e. The number of benzene rings is 1. The summed E-state index contributed by atoms with van der Waals surface area (Å²) < 4.78 is 12.6. The van der Waals surface area contributed by atoms with Crippen LogP contribution in [0.3, 0.4) is 0 Å². The van der Waals surface area contributed by atoms with Gasteiger partial charge >= 0.3 is 0 Å². The molecule has 0 aliphatic carbocycles. The van der Waals surface area contributed by atoms with Gasteiger partial charge in [0.05, 0.1) is 26.0 Å². The minimum absolute atomic E-state index is 0.0860. The fourth-order valence-electron chi connectivity index (χ4n) is 2.42. The minimum atomic E-state index is -0.0860. The summed E-state index contributed by atoms with van der Waals surface area (Å²) in [6.07, 6.45) is 3.58. The molecule has 0 spiro atoms. The second-order valence-corrected chi connectivity index (χ2v) is 4.98. The second kappa shape index (κ2) is 7.13. The van der Waals surface area contributed by atoms with Crippen LogP contribution in [0.5, 0.6) is 11.5 Å². The first-order valence-corrected chi connectivity index (χ1v) is 7.17. The number of nitrogens with two attached hydrogens (primary N) is 1. The number of aromatic nitrogens is 2. The number of hydrogen-bond acceptors (Lipinski definition) is 4. The molecule has 0 fully saturated rings. The van der Waals surface area contributed by atoms with Crippen LogP contribution in [-0.4, -0.2) is 24.0 Å². The van der Waals surface area contributed by atoms with Gasteiger partial charge in [0, 0.05) is 12.7 Å². The summed E-state index contributed by atoms with van der Waals surface area (Å²) in [6, 6.07) is 7.80.